The van der Waals surface area contributed by atoms with E-state index in [4.69, 9.17) is 9.47 Å². The number of nitrogens with zero attached hydrogens (tertiary/aromatic N) is 3. The molecule has 1 atom stereocenters. The van der Waals surface area contributed by atoms with Crippen molar-refractivity contribution in [3.05, 3.63) is 41.1 Å². The lowest BCUT2D eigenvalue weighted by Gasteiger charge is -2.28. The minimum atomic E-state index is -0.408. The molecule has 0 bridgehead atoms. The van der Waals surface area contributed by atoms with E-state index in [-0.39, 0.29) is 5.97 Å². The number of allylic oxidation sites excluding steroid dienone is 1. The van der Waals surface area contributed by atoms with E-state index in [0.717, 1.165) is 42.0 Å². The van der Waals surface area contributed by atoms with E-state index in [1.165, 1.54) is 0 Å². The average molecular weight is 431 g/mol. The number of rotatable bonds is 10. The zero-order valence-corrected chi connectivity index (χ0v) is 18.9. The highest BCUT2D eigenvalue weighted by atomic mass is 32.2. The number of fused-ring (bicyclic) bond motifs is 1. The molecular weight excluding hydrogens is 400 g/mol. The van der Waals surface area contributed by atoms with Crippen LogP contribution < -0.4 is 10.1 Å². The van der Waals surface area contributed by atoms with Crippen molar-refractivity contribution in [2.75, 3.05) is 24.3 Å². The first-order valence-corrected chi connectivity index (χ1v) is 11.5. The van der Waals surface area contributed by atoms with Crippen LogP contribution in [0, 0.1) is 0 Å². The van der Waals surface area contributed by atoms with Gasteiger partial charge in [-0.05, 0) is 43.2 Å². The number of ether oxygens (including phenoxy) is 2. The van der Waals surface area contributed by atoms with Crippen molar-refractivity contribution >= 4 is 23.7 Å². The molecule has 1 aliphatic heterocycles. The zero-order valence-electron chi connectivity index (χ0n) is 18.1. The standard InChI is InChI=1S/C22H30N4O3S/c1-5-8-14-28-17-11-9-16(10-12-17)19-18(20(27)29-13-6-2)15(4)23-21-24-22(30-7-3)25-26(19)21/h9-12,19H,5-8,13-14H2,1-4H3,(H,23,24,25). The lowest BCUT2D eigenvalue weighted by atomic mass is 9.96. The van der Waals surface area contributed by atoms with Gasteiger partial charge in [-0.1, -0.05) is 51.1 Å². The van der Waals surface area contributed by atoms with Crippen molar-refractivity contribution in [3.8, 4) is 5.75 Å². The molecule has 0 aliphatic carbocycles. The smallest absolute Gasteiger partial charge is 0.338 e. The summed E-state index contributed by atoms with van der Waals surface area (Å²) in [4.78, 5) is 17.5. The summed E-state index contributed by atoms with van der Waals surface area (Å²) < 4.78 is 13.1. The maximum atomic E-state index is 12.9. The Labute approximate surface area is 182 Å². The van der Waals surface area contributed by atoms with Crippen LogP contribution in [0.3, 0.4) is 0 Å². The number of esters is 1. The largest absolute Gasteiger partial charge is 0.494 e. The summed E-state index contributed by atoms with van der Waals surface area (Å²) in [6.07, 6.45) is 2.88. The molecule has 0 amide bonds. The summed E-state index contributed by atoms with van der Waals surface area (Å²) in [6.45, 7) is 9.13. The molecule has 30 heavy (non-hydrogen) atoms. The molecule has 162 valence electrons. The Kier molecular flexibility index (Phi) is 7.79. The Bertz CT molecular complexity index is 892. The summed E-state index contributed by atoms with van der Waals surface area (Å²) in [5.74, 6) is 1.98. The van der Waals surface area contributed by atoms with Crippen LogP contribution in [0.2, 0.25) is 0 Å². The normalized spacial score (nSPS) is 15.5. The van der Waals surface area contributed by atoms with Crippen LogP contribution in [0.4, 0.5) is 5.95 Å². The topological polar surface area (TPSA) is 78.3 Å². The molecule has 7 nitrogen and oxygen atoms in total. The number of carbonyl (C=O) groups is 1. The van der Waals surface area contributed by atoms with Crippen LogP contribution in [-0.2, 0) is 9.53 Å². The number of hydrogen-bond acceptors (Lipinski definition) is 7. The summed E-state index contributed by atoms with van der Waals surface area (Å²) in [5.41, 5.74) is 2.22. The van der Waals surface area contributed by atoms with Gasteiger partial charge in [0.2, 0.25) is 11.1 Å². The van der Waals surface area contributed by atoms with Gasteiger partial charge in [0.1, 0.15) is 11.8 Å². The summed E-state index contributed by atoms with van der Waals surface area (Å²) in [5, 5.41) is 8.56. The van der Waals surface area contributed by atoms with Crippen molar-refractivity contribution in [3.63, 3.8) is 0 Å². The van der Waals surface area contributed by atoms with Gasteiger partial charge in [0.25, 0.3) is 0 Å². The van der Waals surface area contributed by atoms with E-state index in [1.54, 1.807) is 16.4 Å². The number of benzene rings is 1. The maximum Gasteiger partial charge on any atom is 0.338 e. The highest BCUT2D eigenvalue weighted by molar-refractivity contribution is 7.99. The van der Waals surface area contributed by atoms with E-state index in [0.29, 0.717) is 29.9 Å². The first-order chi connectivity index (χ1) is 14.6. The molecule has 1 unspecified atom stereocenters. The first-order valence-electron chi connectivity index (χ1n) is 10.6. The Morgan fingerprint density at radius 1 is 1.17 bits per heavy atom. The molecule has 8 heteroatoms. The van der Waals surface area contributed by atoms with Crippen molar-refractivity contribution < 1.29 is 14.3 Å². The number of thioether (sulfide) groups is 1. The molecule has 0 radical (unpaired) electrons. The number of unbranched alkanes of at least 4 members (excludes halogenated alkanes) is 1. The summed E-state index contributed by atoms with van der Waals surface area (Å²) in [6, 6.07) is 7.44. The van der Waals surface area contributed by atoms with Gasteiger partial charge in [0.15, 0.2) is 0 Å². The maximum absolute atomic E-state index is 12.9. The minimum absolute atomic E-state index is 0.332. The quantitative estimate of drug-likeness (QED) is 0.329. The van der Waals surface area contributed by atoms with E-state index >= 15 is 0 Å². The van der Waals surface area contributed by atoms with Gasteiger partial charge in [0.05, 0.1) is 18.8 Å². The molecule has 1 aromatic heterocycles. The monoisotopic (exact) mass is 430 g/mol. The van der Waals surface area contributed by atoms with Gasteiger partial charge in [-0.2, -0.15) is 4.98 Å². The fourth-order valence-electron chi connectivity index (χ4n) is 3.25. The molecule has 1 aliphatic rings. The molecule has 0 fully saturated rings. The fraction of sp³-hybridized carbons (Fsp3) is 0.500. The van der Waals surface area contributed by atoms with Gasteiger partial charge in [-0.25, -0.2) is 9.48 Å². The fourth-order valence-corrected chi connectivity index (χ4v) is 3.80. The van der Waals surface area contributed by atoms with Gasteiger partial charge in [0, 0.05) is 5.70 Å². The lowest BCUT2D eigenvalue weighted by molar-refractivity contribution is -0.139. The molecule has 1 aromatic carbocycles. The lowest BCUT2D eigenvalue weighted by Crippen LogP contribution is -2.29. The van der Waals surface area contributed by atoms with Gasteiger partial charge < -0.3 is 14.8 Å². The molecular formula is C22H30N4O3S. The molecule has 1 N–H and O–H groups in total. The van der Waals surface area contributed by atoms with E-state index in [9.17, 15) is 4.79 Å². The number of nitrogens with one attached hydrogen (secondary N) is 1. The Balaban J connectivity index is 1.96. The molecule has 2 heterocycles. The van der Waals surface area contributed by atoms with Crippen molar-refractivity contribution in [2.24, 2.45) is 0 Å². The highest BCUT2D eigenvalue weighted by Gasteiger charge is 2.35. The second kappa shape index (κ2) is 10.5. The molecule has 2 aromatic rings. The van der Waals surface area contributed by atoms with E-state index in [2.05, 4.69) is 29.2 Å². The Morgan fingerprint density at radius 2 is 1.93 bits per heavy atom. The summed E-state index contributed by atoms with van der Waals surface area (Å²) in [7, 11) is 0. The Morgan fingerprint density at radius 3 is 2.60 bits per heavy atom. The molecule has 0 saturated carbocycles. The van der Waals surface area contributed by atoms with Crippen molar-refractivity contribution in [1.29, 1.82) is 0 Å². The van der Waals surface area contributed by atoms with E-state index < -0.39 is 6.04 Å². The minimum Gasteiger partial charge on any atom is -0.494 e. The van der Waals surface area contributed by atoms with Crippen molar-refractivity contribution in [2.45, 2.75) is 58.2 Å². The third-order valence-corrected chi connectivity index (χ3v) is 5.45. The molecule has 3 rings (SSSR count). The predicted molar refractivity (Wildman–Crippen MR) is 119 cm³/mol. The van der Waals surface area contributed by atoms with Crippen molar-refractivity contribution in [1.82, 2.24) is 14.8 Å². The van der Waals surface area contributed by atoms with Crippen LogP contribution in [0.15, 0.2) is 40.7 Å². The SMILES string of the molecule is CCCCOc1ccc(C2C(C(=O)OCCC)=C(C)Nc3nc(SCC)nn32)cc1. The van der Waals surface area contributed by atoms with Gasteiger partial charge >= 0.3 is 5.97 Å². The third kappa shape index (κ3) is 4.98. The second-order valence-corrected chi connectivity index (χ2v) is 8.30. The number of aromatic nitrogens is 3. The molecule has 0 spiro atoms. The van der Waals surface area contributed by atoms with E-state index in [1.807, 2.05) is 38.1 Å². The number of hydrogen-bond donors (Lipinski definition) is 1. The number of anilines is 1. The Hall–Kier alpha value is -2.48. The second-order valence-electron chi connectivity index (χ2n) is 7.07. The van der Waals surface area contributed by atoms with Gasteiger partial charge in [-0.15, -0.1) is 5.10 Å². The first kappa shape index (κ1) is 22.2. The van der Waals surface area contributed by atoms with Crippen LogP contribution in [-0.4, -0.2) is 39.7 Å². The van der Waals surface area contributed by atoms with Crippen LogP contribution in [0.5, 0.6) is 5.75 Å². The van der Waals surface area contributed by atoms with Crippen LogP contribution >= 0.6 is 11.8 Å². The average Bonchev–Trinajstić information content (AvgIpc) is 3.14. The zero-order chi connectivity index (χ0) is 21.5. The third-order valence-electron chi connectivity index (χ3n) is 4.73. The van der Waals surface area contributed by atoms with Gasteiger partial charge in [-0.3, -0.25) is 0 Å². The summed E-state index contributed by atoms with van der Waals surface area (Å²) >= 11 is 1.57. The predicted octanol–water partition coefficient (Wildman–Crippen LogP) is 4.81. The van der Waals surface area contributed by atoms with Crippen LogP contribution in [0.25, 0.3) is 0 Å². The van der Waals surface area contributed by atoms with Crippen LogP contribution in [0.1, 0.15) is 58.6 Å². The number of carbonyl (C=O) groups excluding carboxylic acids is 1. The molecule has 0 saturated heterocycles. The highest BCUT2D eigenvalue weighted by Crippen LogP contribution is 2.37.